The monoisotopic (exact) mass is 344 g/mol. The van der Waals surface area contributed by atoms with Crippen LogP contribution in [0.1, 0.15) is 39.6 Å². The molecule has 0 saturated carbocycles. The molecule has 0 aromatic heterocycles. The van der Waals surface area contributed by atoms with Crippen LogP contribution in [0.15, 0.2) is 42.5 Å². The van der Waals surface area contributed by atoms with Crippen molar-refractivity contribution >= 4 is 23.4 Å². The Hall–Kier alpha value is -2.17. The van der Waals surface area contributed by atoms with E-state index in [-0.39, 0.29) is 16.4 Å². The van der Waals surface area contributed by atoms with E-state index in [4.69, 9.17) is 16.3 Å². The molecule has 24 heavy (non-hydrogen) atoms. The Bertz CT molecular complexity index is 785. The van der Waals surface area contributed by atoms with Gasteiger partial charge in [-0.05, 0) is 42.5 Å². The average molecular weight is 345 g/mol. The number of Topliss-reactive ketones (excluding diaryl/α,β-unsaturated/α-hetero) is 1. The maximum absolute atomic E-state index is 12.2. The van der Waals surface area contributed by atoms with E-state index < -0.39 is 18.7 Å². The second-order valence-corrected chi connectivity index (χ2v) is 6.20. The molecule has 2 aromatic rings. The summed E-state index contributed by atoms with van der Waals surface area (Å²) in [4.78, 5) is 24.1. The Morgan fingerprint density at radius 1 is 1.12 bits per heavy atom. The first kappa shape index (κ1) is 16.7. The molecular formula is C19H17ClO4. The number of carbonyl (C=O) groups is 2. The summed E-state index contributed by atoms with van der Waals surface area (Å²) in [7, 11) is 0. The number of benzene rings is 2. The first-order valence-corrected chi connectivity index (χ1v) is 8.18. The molecule has 0 heterocycles. The molecule has 1 N–H and O–H groups in total. The van der Waals surface area contributed by atoms with Gasteiger partial charge >= 0.3 is 5.97 Å². The highest BCUT2D eigenvalue weighted by atomic mass is 35.5. The third-order valence-corrected chi connectivity index (χ3v) is 4.53. The van der Waals surface area contributed by atoms with Crippen LogP contribution >= 0.6 is 11.6 Å². The van der Waals surface area contributed by atoms with Gasteiger partial charge in [-0.2, -0.15) is 0 Å². The van der Waals surface area contributed by atoms with Crippen LogP contribution in [0.3, 0.4) is 0 Å². The topological polar surface area (TPSA) is 63.6 Å². The molecule has 1 aliphatic carbocycles. The molecule has 0 radical (unpaired) electrons. The molecule has 0 saturated heterocycles. The minimum absolute atomic E-state index is 0.258. The van der Waals surface area contributed by atoms with Gasteiger partial charge in [-0.25, -0.2) is 4.79 Å². The third kappa shape index (κ3) is 3.50. The maximum Gasteiger partial charge on any atom is 0.340 e. The zero-order chi connectivity index (χ0) is 17.1. The van der Waals surface area contributed by atoms with Crippen molar-refractivity contribution in [3.05, 3.63) is 69.7 Å². The van der Waals surface area contributed by atoms with Gasteiger partial charge in [-0.15, -0.1) is 0 Å². The molecule has 0 unspecified atom stereocenters. The van der Waals surface area contributed by atoms with E-state index in [0.717, 1.165) is 19.3 Å². The van der Waals surface area contributed by atoms with Gasteiger partial charge in [0.25, 0.3) is 0 Å². The summed E-state index contributed by atoms with van der Waals surface area (Å²) >= 11 is 5.94. The Labute approximate surface area is 145 Å². The Morgan fingerprint density at radius 3 is 2.67 bits per heavy atom. The molecule has 0 aliphatic heterocycles. The van der Waals surface area contributed by atoms with Crippen molar-refractivity contribution in [2.45, 2.75) is 25.4 Å². The van der Waals surface area contributed by atoms with Crippen LogP contribution in [0.5, 0.6) is 0 Å². The quantitative estimate of drug-likeness (QED) is 0.667. The number of aliphatic hydroxyl groups is 1. The Morgan fingerprint density at radius 2 is 1.88 bits per heavy atom. The minimum Gasteiger partial charge on any atom is -0.455 e. The molecule has 0 amide bonds. The van der Waals surface area contributed by atoms with E-state index in [1.165, 1.54) is 17.2 Å². The van der Waals surface area contributed by atoms with Gasteiger partial charge in [-0.3, -0.25) is 4.79 Å². The largest absolute Gasteiger partial charge is 0.455 e. The predicted octanol–water partition coefficient (Wildman–Crippen LogP) is 3.29. The second kappa shape index (κ2) is 7.16. The molecule has 1 aliphatic rings. The highest BCUT2D eigenvalue weighted by molar-refractivity contribution is 6.31. The number of ketones is 1. The van der Waals surface area contributed by atoms with Gasteiger partial charge in [0.15, 0.2) is 18.5 Å². The standard InChI is InChI=1S/C19H17ClO4/c20-16-7-2-1-6-15(16)18(22)19(23)24-11-17(21)14-9-8-12-4-3-5-13(12)10-14/h1-2,6-10,18,22H,3-5,11H2/t18-/m1/s1. The molecule has 5 heteroatoms. The third-order valence-electron chi connectivity index (χ3n) is 4.19. The van der Waals surface area contributed by atoms with E-state index in [1.807, 2.05) is 12.1 Å². The molecule has 0 bridgehead atoms. The minimum atomic E-state index is -1.51. The van der Waals surface area contributed by atoms with E-state index in [1.54, 1.807) is 24.3 Å². The van der Waals surface area contributed by atoms with Crippen LogP contribution in [0, 0.1) is 0 Å². The number of hydrogen-bond donors (Lipinski definition) is 1. The summed E-state index contributed by atoms with van der Waals surface area (Å²) in [5, 5.41) is 10.3. The van der Waals surface area contributed by atoms with Crippen molar-refractivity contribution in [3.8, 4) is 0 Å². The molecule has 4 nitrogen and oxygen atoms in total. The molecule has 3 rings (SSSR count). The van der Waals surface area contributed by atoms with Crippen molar-refractivity contribution in [1.82, 2.24) is 0 Å². The number of aliphatic hydroxyl groups excluding tert-OH is 1. The van der Waals surface area contributed by atoms with Gasteiger partial charge in [-0.1, -0.05) is 41.9 Å². The van der Waals surface area contributed by atoms with Crippen molar-refractivity contribution in [3.63, 3.8) is 0 Å². The van der Waals surface area contributed by atoms with Crippen molar-refractivity contribution < 1.29 is 19.4 Å². The number of hydrogen-bond acceptors (Lipinski definition) is 4. The van der Waals surface area contributed by atoms with Crippen molar-refractivity contribution in [2.75, 3.05) is 6.61 Å². The molecular weight excluding hydrogens is 328 g/mol. The molecule has 1 atom stereocenters. The van der Waals surface area contributed by atoms with Gasteiger partial charge in [0.05, 0.1) is 0 Å². The fourth-order valence-electron chi connectivity index (χ4n) is 2.87. The maximum atomic E-state index is 12.2. The highest BCUT2D eigenvalue weighted by Crippen LogP contribution is 2.24. The number of ether oxygens (including phenoxy) is 1. The normalized spacial score (nSPS) is 14.1. The van der Waals surface area contributed by atoms with Crippen LogP contribution in [0.2, 0.25) is 5.02 Å². The number of rotatable bonds is 5. The van der Waals surface area contributed by atoms with Gasteiger partial charge in [0, 0.05) is 16.1 Å². The summed E-state index contributed by atoms with van der Waals surface area (Å²) in [6.07, 6.45) is 1.61. The van der Waals surface area contributed by atoms with Crippen molar-refractivity contribution in [1.29, 1.82) is 0 Å². The number of esters is 1. The van der Waals surface area contributed by atoms with Gasteiger partial charge < -0.3 is 9.84 Å². The fraction of sp³-hybridized carbons (Fsp3) is 0.263. The zero-order valence-electron chi connectivity index (χ0n) is 13.0. The number of fused-ring (bicyclic) bond motifs is 1. The van der Waals surface area contributed by atoms with Gasteiger partial charge in [0.1, 0.15) is 0 Å². The zero-order valence-corrected chi connectivity index (χ0v) is 13.8. The SMILES string of the molecule is O=C(COC(=O)[C@H](O)c1ccccc1Cl)c1ccc2c(c1)CCC2. The molecule has 2 aromatic carbocycles. The smallest absolute Gasteiger partial charge is 0.340 e. The number of aryl methyl sites for hydroxylation is 2. The molecule has 0 fully saturated rings. The summed E-state index contributed by atoms with van der Waals surface area (Å²) in [6, 6.07) is 12.0. The predicted molar refractivity (Wildman–Crippen MR) is 90.2 cm³/mol. The van der Waals surface area contributed by atoms with Gasteiger partial charge in [0.2, 0.25) is 0 Å². The van der Waals surface area contributed by atoms with Crippen molar-refractivity contribution in [2.24, 2.45) is 0 Å². The lowest BCUT2D eigenvalue weighted by atomic mass is 10.0. The van der Waals surface area contributed by atoms with Crippen LogP contribution < -0.4 is 0 Å². The lowest BCUT2D eigenvalue weighted by Gasteiger charge is -2.12. The van der Waals surface area contributed by atoms with E-state index in [2.05, 4.69) is 0 Å². The summed E-state index contributed by atoms with van der Waals surface area (Å²) in [6.45, 7) is -0.404. The van der Waals surface area contributed by atoms with Crippen LogP contribution in [-0.2, 0) is 22.4 Å². The fourth-order valence-corrected chi connectivity index (χ4v) is 3.11. The lowest BCUT2D eigenvalue weighted by Crippen LogP contribution is -2.20. The van der Waals surface area contributed by atoms with E-state index >= 15 is 0 Å². The van der Waals surface area contributed by atoms with Crippen LogP contribution in [0.4, 0.5) is 0 Å². The first-order valence-electron chi connectivity index (χ1n) is 7.80. The highest BCUT2D eigenvalue weighted by Gasteiger charge is 2.22. The molecule has 124 valence electrons. The number of carbonyl (C=O) groups excluding carboxylic acids is 2. The first-order chi connectivity index (χ1) is 11.6. The second-order valence-electron chi connectivity index (χ2n) is 5.79. The average Bonchev–Trinajstić information content (AvgIpc) is 3.06. The Kier molecular flexibility index (Phi) is 4.97. The lowest BCUT2D eigenvalue weighted by molar-refractivity contribution is -0.152. The molecule has 0 spiro atoms. The van der Waals surface area contributed by atoms with Crippen LogP contribution in [-0.4, -0.2) is 23.5 Å². The summed E-state index contributed by atoms with van der Waals surface area (Å²) in [5.41, 5.74) is 3.24. The van der Waals surface area contributed by atoms with Crippen LogP contribution in [0.25, 0.3) is 0 Å². The summed E-state index contributed by atoms with van der Waals surface area (Å²) in [5.74, 6) is -1.18. The van der Waals surface area contributed by atoms with E-state index in [9.17, 15) is 14.7 Å². The number of halogens is 1. The summed E-state index contributed by atoms with van der Waals surface area (Å²) < 4.78 is 4.95. The van der Waals surface area contributed by atoms with E-state index in [0.29, 0.717) is 5.56 Å². The Balaban J connectivity index is 1.62.